The van der Waals surface area contributed by atoms with E-state index in [0.29, 0.717) is 11.7 Å². The van der Waals surface area contributed by atoms with E-state index in [2.05, 4.69) is 39.7 Å². The Morgan fingerprint density at radius 2 is 2.06 bits per heavy atom. The van der Waals surface area contributed by atoms with Crippen LogP contribution in [0.5, 0.6) is 0 Å². The van der Waals surface area contributed by atoms with Crippen LogP contribution < -0.4 is 5.73 Å². The second-order valence-corrected chi connectivity index (χ2v) is 5.11. The van der Waals surface area contributed by atoms with Crippen LogP contribution in [0.2, 0.25) is 0 Å². The molecule has 1 atom stereocenters. The third kappa shape index (κ3) is 3.04. The highest BCUT2D eigenvalue weighted by Crippen LogP contribution is 2.21. The molecule has 1 heterocycles. The van der Waals surface area contributed by atoms with Crippen LogP contribution in [0.15, 0.2) is 28.8 Å². The Labute approximate surface area is 114 Å². The normalized spacial score (nSPS) is 12.6. The molecule has 4 nitrogen and oxygen atoms in total. The van der Waals surface area contributed by atoms with Crippen molar-refractivity contribution in [2.75, 3.05) is 0 Å². The van der Waals surface area contributed by atoms with Crippen molar-refractivity contribution in [3.05, 3.63) is 33.7 Å². The lowest BCUT2D eigenvalue weighted by Gasteiger charge is -2.02. The van der Waals surface area contributed by atoms with Gasteiger partial charge in [0.25, 0.3) is 5.89 Å². The number of halogens is 1. The first-order valence-corrected chi connectivity index (χ1v) is 6.63. The summed E-state index contributed by atoms with van der Waals surface area (Å²) in [5.41, 5.74) is 6.86. The van der Waals surface area contributed by atoms with Gasteiger partial charge in [-0.25, -0.2) is 0 Å². The van der Waals surface area contributed by atoms with Gasteiger partial charge >= 0.3 is 0 Å². The first kappa shape index (κ1) is 12.5. The van der Waals surface area contributed by atoms with Gasteiger partial charge in [-0.1, -0.05) is 18.5 Å². The highest BCUT2D eigenvalue weighted by molar-refractivity contribution is 14.1. The molecule has 0 aliphatic rings. The molecule has 0 amide bonds. The Morgan fingerprint density at radius 3 is 2.71 bits per heavy atom. The van der Waals surface area contributed by atoms with Gasteiger partial charge in [-0.3, -0.25) is 0 Å². The van der Waals surface area contributed by atoms with Gasteiger partial charge in [0, 0.05) is 9.13 Å². The van der Waals surface area contributed by atoms with E-state index in [9.17, 15) is 0 Å². The maximum Gasteiger partial charge on any atom is 0.257 e. The smallest absolute Gasteiger partial charge is 0.257 e. The average molecular weight is 343 g/mol. The van der Waals surface area contributed by atoms with Gasteiger partial charge in [0.15, 0.2) is 5.82 Å². The molecule has 0 radical (unpaired) electrons. The molecule has 0 fully saturated rings. The number of nitrogens with two attached hydrogens (primary N) is 1. The highest BCUT2D eigenvalue weighted by atomic mass is 127. The minimum absolute atomic E-state index is 0.138. The van der Waals surface area contributed by atoms with Gasteiger partial charge in [0.05, 0.1) is 6.04 Å². The molecule has 0 spiro atoms. The lowest BCUT2D eigenvalue weighted by atomic mass is 10.2. The zero-order chi connectivity index (χ0) is 12.3. The van der Waals surface area contributed by atoms with E-state index in [1.54, 1.807) is 0 Å². The quantitative estimate of drug-likeness (QED) is 0.867. The van der Waals surface area contributed by atoms with Crippen molar-refractivity contribution in [3.63, 3.8) is 0 Å². The molecule has 0 aliphatic carbocycles. The fraction of sp³-hybridized carbons (Fsp3) is 0.333. The number of hydrogen-bond acceptors (Lipinski definition) is 4. The molecule has 2 rings (SSSR count). The van der Waals surface area contributed by atoms with Crippen molar-refractivity contribution in [2.45, 2.75) is 25.8 Å². The average Bonchev–Trinajstić information content (AvgIpc) is 2.80. The Kier molecular flexibility index (Phi) is 4.11. The number of nitrogens with zero attached hydrogens (tertiary/aromatic N) is 2. The number of rotatable bonds is 4. The van der Waals surface area contributed by atoms with Crippen LogP contribution in [0.3, 0.4) is 0 Å². The van der Waals surface area contributed by atoms with E-state index < -0.39 is 0 Å². The lowest BCUT2D eigenvalue weighted by molar-refractivity contribution is 0.413. The zero-order valence-electron chi connectivity index (χ0n) is 9.56. The molecule has 1 aromatic heterocycles. The minimum Gasteiger partial charge on any atom is -0.334 e. The molecule has 1 aromatic carbocycles. The molecule has 0 bridgehead atoms. The maximum absolute atomic E-state index is 5.93. The lowest BCUT2D eigenvalue weighted by Crippen LogP contribution is -2.11. The van der Waals surface area contributed by atoms with E-state index in [4.69, 9.17) is 10.3 Å². The molecule has 5 heteroatoms. The zero-order valence-corrected chi connectivity index (χ0v) is 11.7. The summed E-state index contributed by atoms with van der Waals surface area (Å²) in [7, 11) is 0. The summed E-state index contributed by atoms with van der Waals surface area (Å²) in [4.78, 5) is 4.32. The van der Waals surface area contributed by atoms with Crippen LogP contribution >= 0.6 is 22.6 Å². The van der Waals surface area contributed by atoms with E-state index in [-0.39, 0.29) is 6.04 Å². The molecular weight excluding hydrogens is 329 g/mol. The topological polar surface area (TPSA) is 64.9 Å². The molecule has 2 aromatic rings. The Balaban J connectivity index is 2.20. The predicted octanol–water partition coefficient (Wildman–Crippen LogP) is 3.14. The summed E-state index contributed by atoms with van der Waals surface area (Å²) in [6.45, 7) is 2.08. The molecule has 0 saturated carbocycles. The van der Waals surface area contributed by atoms with Crippen molar-refractivity contribution >= 4 is 22.6 Å². The van der Waals surface area contributed by atoms with Crippen molar-refractivity contribution in [2.24, 2.45) is 5.73 Å². The molecule has 1 unspecified atom stereocenters. The predicted molar refractivity (Wildman–Crippen MR) is 74.3 cm³/mol. The molecule has 90 valence electrons. The van der Waals surface area contributed by atoms with Crippen molar-refractivity contribution in [1.29, 1.82) is 0 Å². The van der Waals surface area contributed by atoms with Gasteiger partial charge in [0.2, 0.25) is 0 Å². The number of benzene rings is 1. The van der Waals surface area contributed by atoms with Gasteiger partial charge in [-0.05, 0) is 53.3 Å². The van der Waals surface area contributed by atoms with Crippen molar-refractivity contribution in [3.8, 4) is 11.5 Å². The standard InChI is InChI=1S/C12H14IN3O/c1-2-3-10(14)11-15-12(17-16-11)8-4-6-9(13)7-5-8/h4-7,10H,2-3,14H2,1H3. The van der Waals surface area contributed by atoms with Crippen LogP contribution in [0, 0.1) is 3.57 Å². The van der Waals surface area contributed by atoms with Crippen LogP contribution in [-0.4, -0.2) is 10.1 Å². The van der Waals surface area contributed by atoms with Crippen LogP contribution in [0.1, 0.15) is 31.6 Å². The summed E-state index contributed by atoms with van der Waals surface area (Å²) >= 11 is 2.26. The highest BCUT2D eigenvalue weighted by Gasteiger charge is 2.14. The Hall–Kier alpha value is -0.950. The fourth-order valence-electron chi connectivity index (χ4n) is 1.54. The number of hydrogen-bond donors (Lipinski definition) is 1. The molecule has 0 saturated heterocycles. The second-order valence-electron chi connectivity index (χ2n) is 3.86. The number of aromatic nitrogens is 2. The molecule has 17 heavy (non-hydrogen) atoms. The second kappa shape index (κ2) is 5.59. The van der Waals surface area contributed by atoms with Crippen molar-refractivity contribution < 1.29 is 4.52 Å². The van der Waals surface area contributed by atoms with E-state index in [1.807, 2.05) is 24.3 Å². The van der Waals surface area contributed by atoms with Gasteiger partial charge in [0.1, 0.15) is 0 Å². The third-order valence-electron chi connectivity index (χ3n) is 2.46. The van der Waals surface area contributed by atoms with E-state index >= 15 is 0 Å². The minimum atomic E-state index is -0.138. The summed E-state index contributed by atoms with van der Waals surface area (Å²) in [6, 6.07) is 7.80. The largest absolute Gasteiger partial charge is 0.334 e. The van der Waals surface area contributed by atoms with Crippen LogP contribution in [0.25, 0.3) is 11.5 Å². The first-order chi connectivity index (χ1) is 8.20. The van der Waals surface area contributed by atoms with Gasteiger partial charge in [-0.2, -0.15) is 4.98 Å². The molecular formula is C12H14IN3O. The summed E-state index contributed by atoms with van der Waals surface area (Å²) in [6.07, 6.45) is 1.88. The van der Waals surface area contributed by atoms with Crippen molar-refractivity contribution in [1.82, 2.24) is 10.1 Å². The van der Waals surface area contributed by atoms with Gasteiger partial charge < -0.3 is 10.3 Å². The van der Waals surface area contributed by atoms with E-state index in [1.165, 1.54) is 3.57 Å². The molecule has 0 aliphatic heterocycles. The summed E-state index contributed by atoms with van der Waals surface area (Å²) in [5.74, 6) is 1.11. The van der Waals surface area contributed by atoms with Crippen LogP contribution in [-0.2, 0) is 0 Å². The monoisotopic (exact) mass is 343 g/mol. The fourth-order valence-corrected chi connectivity index (χ4v) is 1.89. The SMILES string of the molecule is CCCC(N)c1noc(-c2ccc(I)cc2)n1. The Morgan fingerprint density at radius 1 is 1.35 bits per heavy atom. The maximum atomic E-state index is 5.93. The summed E-state index contributed by atoms with van der Waals surface area (Å²) < 4.78 is 6.39. The summed E-state index contributed by atoms with van der Waals surface area (Å²) in [5, 5.41) is 3.92. The first-order valence-electron chi connectivity index (χ1n) is 5.56. The third-order valence-corrected chi connectivity index (χ3v) is 3.18. The van der Waals surface area contributed by atoms with Gasteiger partial charge in [-0.15, -0.1) is 0 Å². The van der Waals surface area contributed by atoms with Crippen LogP contribution in [0.4, 0.5) is 0 Å². The Bertz CT molecular complexity index is 481. The molecule has 2 N–H and O–H groups in total. The van der Waals surface area contributed by atoms with E-state index in [0.717, 1.165) is 18.4 Å².